The van der Waals surface area contributed by atoms with Gasteiger partial charge in [0.05, 0.1) is 19.3 Å². The maximum atomic E-state index is 14.0. The number of nitrogens with one attached hydrogen (secondary N) is 2. The highest BCUT2D eigenvalue weighted by Crippen LogP contribution is 2.17. The van der Waals surface area contributed by atoms with Gasteiger partial charge in [-0.1, -0.05) is 31.9 Å². The molecule has 234 valence electrons. The molecule has 0 spiro atoms. The number of methoxy groups -OCH3 is 1. The van der Waals surface area contributed by atoms with Gasteiger partial charge in [-0.15, -0.1) is 5.92 Å². The minimum absolute atomic E-state index is 0.0382. The molecule has 0 aliphatic rings. The van der Waals surface area contributed by atoms with Crippen molar-refractivity contribution in [2.75, 3.05) is 26.7 Å². The first-order valence-electron chi connectivity index (χ1n) is 14.8. The molecule has 9 heteroatoms. The second-order valence-electron chi connectivity index (χ2n) is 10.6. The van der Waals surface area contributed by atoms with Crippen LogP contribution in [0.15, 0.2) is 60.7 Å². The molecule has 44 heavy (non-hydrogen) atoms. The summed E-state index contributed by atoms with van der Waals surface area (Å²) in [6.45, 7) is 7.31. The second-order valence-corrected chi connectivity index (χ2v) is 10.6. The summed E-state index contributed by atoms with van der Waals surface area (Å²) in [6, 6.07) is 14.4. The zero-order chi connectivity index (χ0) is 32.1. The number of aliphatic hydroxyl groups is 1. The number of hydrogen-bond acceptors (Lipinski definition) is 5. The molecule has 2 amide bonds. The van der Waals surface area contributed by atoms with Crippen LogP contribution in [0.2, 0.25) is 0 Å². The van der Waals surface area contributed by atoms with Crippen LogP contribution in [0.1, 0.15) is 71.0 Å². The fraction of sp³-hybridized carbons (Fsp3) is 0.371. The van der Waals surface area contributed by atoms with Gasteiger partial charge in [0.25, 0.3) is 11.8 Å². The summed E-state index contributed by atoms with van der Waals surface area (Å²) in [6.07, 6.45) is 0.420. The molecule has 3 aromatic carbocycles. The molecule has 0 heterocycles. The summed E-state index contributed by atoms with van der Waals surface area (Å²) in [5.41, 5.74) is 2.22. The molecule has 2 atom stereocenters. The SMILES string of the molecule is CC#Cc1cc(C(=O)N[C@@H](Cc2cc(F)cc(F)c2)[C@H](O)CNCc2cccc(OC)c2)cc(C(=O)N(CCC)CCC)c1. The molecule has 3 N–H and O–H groups in total. The van der Waals surface area contributed by atoms with Crippen molar-refractivity contribution in [3.8, 4) is 17.6 Å². The van der Waals surface area contributed by atoms with E-state index in [-0.39, 0.29) is 30.0 Å². The molecule has 0 radical (unpaired) electrons. The number of benzene rings is 3. The van der Waals surface area contributed by atoms with Crippen LogP contribution in [0, 0.1) is 23.5 Å². The van der Waals surface area contributed by atoms with E-state index in [0.29, 0.717) is 36.5 Å². The zero-order valence-electron chi connectivity index (χ0n) is 25.8. The molecule has 7 nitrogen and oxygen atoms in total. The third kappa shape index (κ3) is 10.2. The van der Waals surface area contributed by atoms with Crippen molar-refractivity contribution in [3.05, 3.63) is 100 Å². The summed E-state index contributed by atoms with van der Waals surface area (Å²) in [4.78, 5) is 28.8. The smallest absolute Gasteiger partial charge is 0.253 e. The summed E-state index contributed by atoms with van der Waals surface area (Å²) >= 11 is 0. The number of halogens is 2. The highest BCUT2D eigenvalue weighted by molar-refractivity contribution is 6.00. The van der Waals surface area contributed by atoms with Crippen molar-refractivity contribution in [1.82, 2.24) is 15.5 Å². The van der Waals surface area contributed by atoms with Gasteiger partial charge in [0.15, 0.2) is 0 Å². The van der Waals surface area contributed by atoms with Crippen LogP contribution in [0.25, 0.3) is 0 Å². The van der Waals surface area contributed by atoms with Crippen molar-refractivity contribution >= 4 is 11.8 Å². The van der Waals surface area contributed by atoms with Crippen molar-refractivity contribution in [3.63, 3.8) is 0 Å². The third-order valence-electron chi connectivity index (χ3n) is 6.96. The molecule has 0 saturated carbocycles. The first-order chi connectivity index (χ1) is 21.2. The highest BCUT2D eigenvalue weighted by Gasteiger charge is 2.24. The van der Waals surface area contributed by atoms with E-state index in [2.05, 4.69) is 22.5 Å². The van der Waals surface area contributed by atoms with Gasteiger partial charge in [-0.25, -0.2) is 8.78 Å². The second kappa shape index (κ2) is 17.1. The molecule has 0 aliphatic carbocycles. The number of rotatable bonds is 15. The van der Waals surface area contributed by atoms with Crippen LogP contribution in [0.4, 0.5) is 8.78 Å². The van der Waals surface area contributed by atoms with Gasteiger partial charge in [-0.3, -0.25) is 9.59 Å². The molecule has 0 saturated heterocycles. The van der Waals surface area contributed by atoms with Crippen LogP contribution >= 0.6 is 0 Å². The normalized spacial score (nSPS) is 12.1. The fourth-order valence-corrected chi connectivity index (χ4v) is 4.94. The van der Waals surface area contributed by atoms with Crippen LogP contribution in [0.5, 0.6) is 5.75 Å². The molecule has 0 aliphatic heterocycles. The van der Waals surface area contributed by atoms with E-state index in [0.717, 1.165) is 24.5 Å². The van der Waals surface area contributed by atoms with Gasteiger partial charge >= 0.3 is 0 Å². The Morgan fingerprint density at radius 3 is 2.27 bits per heavy atom. The number of carbonyl (C=O) groups is 2. The van der Waals surface area contributed by atoms with E-state index in [1.807, 2.05) is 38.1 Å². The Morgan fingerprint density at radius 2 is 1.64 bits per heavy atom. The Hall–Kier alpha value is -4.26. The summed E-state index contributed by atoms with van der Waals surface area (Å²) < 4.78 is 33.3. The Morgan fingerprint density at radius 1 is 0.955 bits per heavy atom. The Labute approximate surface area is 258 Å². The molecule has 0 bridgehead atoms. The molecule has 3 rings (SSSR count). The van der Waals surface area contributed by atoms with Gasteiger partial charge < -0.3 is 25.4 Å². The number of amides is 2. The molecule has 0 unspecified atom stereocenters. The largest absolute Gasteiger partial charge is 0.497 e. The number of aliphatic hydroxyl groups excluding tert-OH is 1. The van der Waals surface area contributed by atoms with Crippen molar-refractivity contribution < 1.29 is 28.2 Å². The number of ether oxygens (including phenoxy) is 1. The predicted molar refractivity (Wildman–Crippen MR) is 168 cm³/mol. The number of carbonyl (C=O) groups excluding carboxylic acids is 2. The topological polar surface area (TPSA) is 90.9 Å². The lowest BCUT2D eigenvalue weighted by Crippen LogP contribution is -2.48. The monoisotopic (exact) mass is 605 g/mol. The minimum Gasteiger partial charge on any atom is -0.497 e. The highest BCUT2D eigenvalue weighted by atomic mass is 19.1. The van der Waals surface area contributed by atoms with Gasteiger partial charge in [0.2, 0.25) is 0 Å². The van der Waals surface area contributed by atoms with Crippen molar-refractivity contribution in [1.29, 1.82) is 0 Å². The van der Waals surface area contributed by atoms with E-state index < -0.39 is 29.7 Å². The summed E-state index contributed by atoms with van der Waals surface area (Å²) in [7, 11) is 1.58. The molecule has 0 fully saturated rings. The van der Waals surface area contributed by atoms with Gasteiger partial charge in [0, 0.05) is 48.9 Å². The van der Waals surface area contributed by atoms with Gasteiger partial charge in [0.1, 0.15) is 17.4 Å². The van der Waals surface area contributed by atoms with E-state index in [4.69, 9.17) is 4.74 Å². The standard InChI is InChI=1S/C35H41F2N3O4/c1-5-9-24-14-27(20-28(15-24)35(43)40(12-6-2)13-7-3)34(42)39-32(19-26-16-29(36)21-30(37)17-26)33(41)23-38-22-25-10-8-11-31(18-25)44-4/h8,10-11,14-18,20-21,32-33,38,41H,6-7,12-13,19,22-23H2,1-4H3,(H,39,42)/t32-,33+/m0/s1. The Bertz CT molecular complexity index is 1460. The maximum absolute atomic E-state index is 14.0. The lowest BCUT2D eigenvalue weighted by Gasteiger charge is -2.25. The predicted octanol–water partition coefficient (Wildman–Crippen LogP) is 5.10. The van der Waals surface area contributed by atoms with Gasteiger partial charge in [-0.05, 0) is 79.8 Å². The number of nitrogens with zero attached hydrogens (tertiary/aromatic N) is 1. The van der Waals surface area contributed by atoms with E-state index >= 15 is 0 Å². The lowest BCUT2D eigenvalue weighted by atomic mass is 9.99. The van der Waals surface area contributed by atoms with Crippen molar-refractivity contribution in [2.24, 2.45) is 0 Å². The van der Waals surface area contributed by atoms with Crippen LogP contribution in [0.3, 0.4) is 0 Å². The van der Waals surface area contributed by atoms with E-state index in [1.165, 1.54) is 18.2 Å². The fourth-order valence-electron chi connectivity index (χ4n) is 4.94. The summed E-state index contributed by atoms with van der Waals surface area (Å²) in [5, 5.41) is 17.2. The quantitative estimate of drug-likeness (QED) is 0.210. The molecule has 0 aromatic heterocycles. The molecular weight excluding hydrogens is 564 g/mol. The van der Waals surface area contributed by atoms with Crippen LogP contribution < -0.4 is 15.4 Å². The maximum Gasteiger partial charge on any atom is 0.253 e. The minimum atomic E-state index is -1.12. The van der Waals surface area contributed by atoms with E-state index in [9.17, 15) is 23.5 Å². The lowest BCUT2D eigenvalue weighted by molar-refractivity contribution is 0.0755. The summed E-state index contributed by atoms with van der Waals surface area (Å²) in [5.74, 6) is 4.17. The first-order valence-corrected chi connectivity index (χ1v) is 14.8. The molecular formula is C35H41F2N3O4. The Balaban J connectivity index is 1.87. The average Bonchev–Trinajstić information content (AvgIpc) is 2.99. The average molecular weight is 606 g/mol. The number of hydrogen-bond donors (Lipinski definition) is 3. The van der Waals surface area contributed by atoms with Crippen molar-refractivity contribution in [2.45, 2.75) is 58.7 Å². The van der Waals surface area contributed by atoms with E-state index in [1.54, 1.807) is 31.1 Å². The van der Waals surface area contributed by atoms with Crippen LogP contribution in [-0.4, -0.2) is 60.7 Å². The zero-order valence-corrected chi connectivity index (χ0v) is 25.8. The van der Waals surface area contributed by atoms with Crippen LogP contribution in [-0.2, 0) is 13.0 Å². The molecule has 3 aromatic rings. The Kier molecular flexibility index (Phi) is 13.3. The van der Waals surface area contributed by atoms with Gasteiger partial charge in [-0.2, -0.15) is 0 Å². The first kappa shape index (κ1) is 34.2. The third-order valence-corrected chi connectivity index (χ3v) is 6.96.